The van der Waals surface area contributed by atoms with Gasteiger partial charge in [-0.1, -0.05) is 41.5 Å². The molecule has 0 saturated carbocycles. The van der Waals surface area contributed by atoms with Gasteiger partial charge in [-0.2, -0.15) is 0 Å². The lowest BCUT2D eigenvalue weighted by molar-refractivity contribution is -0.137. The Morgan fingerprint density at radius 3 is 2.20 bits per heavy atom. The summed E-state index contributed by atoms with van der Waals surface area (Å²) in [5.41, 5.74) is 5.64. The lowest BCUT2D eigenvalue weighted by atomic mass is 9.78. The Morgan fingerprint density at radius 2 is 1.68 bits per heavy atom. The van der Waals surface area contributed by atoms with Gasteiger partial charge in [0, 0.05) is 41.1 Å². The molecule has 9 heteroatoms. The zero-order valence-electron chi connectivity index (χ0n) is 25.0. The van der Waals surface area contributed by atoms with Gasteiger partial charge in [-0.3, -0.25) is 9.59 Å². The van der Waals surface area contributed by atoms with Gasteiger partial charge in [-0.05, 0) is 42.7 Å². The fourth-order valence-corrected chi connectivity index (χ4v) is 6.27. The minimum absolute atomic E-state index is 0.0101. The van der Waals surface area contributed by atoms with Crippen molar-refractivity contribution < 1.29 is 19.4 Å². The zero-order valence-corrected chi connectivity index (χ0v) is 25.8. The van der Waals surface area contributed by atoms with Gasteiger partial charge in [0.1, 0.15) is 17.3 Å². The molecule has 4 rings (SSSR count). The number of rotatable bonds is 7. The summed E-state index contributed by atoms with van der Waals surface area (Å²) in [6.45, 7) is 16.5. The second-order valence-electron chi connectivity index (χ2n) is 12.8. The largest absolute Gasteiger partial charge is 0.496 e. The molecule has 3 aromatic rings. The van der Waals surface area contributed by atoms with Crippen LogP contribution in [0.4, 0.5) is 0 Å². The van der Waals surface area contributed by atoms with E-state index in [-0.39, 0.29) is 29.7 Å². The zero-order chi connectivity index (χ0) is 29.4. The molecule has 0 spiro atoms. The summed E-state index contributed by atoms with van der Waals surface area (Å²) in [6.07, 6.45) is 3.12. The molecule has 0 bridgehead atoms. The highest BCUT2D eigenvalue weighted by molar-refractivity contribution is 7.13. The molecular formula is C31H42N4O4S. The third-order valence-corrected chi connectivity index (χ3v) is 8.63. The summed E-state index contributed by atoms with van der Waals surface area (Å²) < 4.78 is 7.60. The smallest absolute Gasteiger partial charge is 0.309 e. The van der Waals surface area contributed by atoms with E-state index in [1.54, 1.807) is 36.3 Å². The van der Waals surface area contributed by atoms with Crippen molar-refractivity contribution in [2.24, 2.45) is 0 Å². The van der Waals surface area contributed by atoms with E-state index in [0.717, 1.165) is 34.9 Å². The van der Waals surface area contributed by atoms with Crippen LogP contribution in [0.2, 0.25) is 0 Å². The van der Waals surface area contributed by atoms with Crippen LogP contribution in [0.5, 0.6) is 5.75 Å². The Labute approximate surface area is 241 Å². The average Bonchev–Trinajstić information content (AvgIpc) is 3.50. The fourth-order valence-electron chi connectivity index (χ4n) is 5.38. The van der Waals surface area contributed by atoms with Crippen LogP contribution >= 0.6 is 11.3 Å². The number of benzene rings is 1. The van der Waals surface area contributed by atoms with E-state index in [1.165, 1.54) is 11.1 Å². The first-order valence-corrected chi connectivity index (χ1v) is 14.8. The van der Waals surface area contributed by atoms with Gasteiger partial charge in [0.25, 0.3) is 0 Å². The standard InChI is InChI=1S/C31H42N4O4S/c1-19-25(15-27(37)38)35(18-32-19)16-26(36)34-11-9-20(10-12-34)24-17-40-29(33-24)21-13-22(30(2,3)4)28(39-8)23(14-21)31(5,6)7/h13-14,17-18,20H,9-12,15-16H2,1-8H3,(H,37,38). The van der Waals surface area contributed by atoms with Crippen LogP contribution in [-0.4, -0.2) is 56.6 Å². The molecule has 1 aromatic carbocycles. The topological polar surface area (TPSA) is 97.5 Å². The van der Waals surface area contributed by atoms with Crippen molar-refractivity contribution in [1.82, 2.24) is 19.4 Å². The lowest BCUT2D eigenvalue weighted by Gasteiger charge is -2.31. The number of ether oxygens (including phenoxy) is 1. The third-order valence-electron chi connectivity index (χ3n) is 7.72. The number of carboxylic acids is 1. The number of imidazole rings is 1. The van der Waals surface area contributed by atoms with Gasteiger partial charge < -0.3 is 19.3 Å². The Hall–Kier alpha value is -3.20. The van der Waals surface area contributed by atoms with Crippen molar-refractivity contribution >= 4 is 23.2 Å². The number of amides is 1. The fraction of sp³-hybridized carbons (Fsp3) is 0.548. The van der Waals surface area contributed by atoms with Crippen LogP contribution in [-0.2, 0) is 33.4 Å². The molecule has 40 heavy (non-hydrogen) atoms. The molecule has 1 aliphatic heterocycles. The highest BCUT2D eigenvalue weighted by Gasteiger charge is 2.30. The molecule has 1 aliphatic rings. The van der Waals surface area contributed by atoms with Crippen molar-refractivity contribution in [3.05, 3.63) is 52.0 Å². The summed E-state index contributed by atoms with van der Waals surface area (Å²) in [5.74, 6) is 0.316. The first kappa shape index (κ1) is 29.8. The number of piperidine rings is 1. The summed E-state index contributed by atoms with van der Waals surface area (Å²) in [5, 5.41) is 12.4. The molecular weight excluding hydrogens is 524 g/mol. The number of thiazole rings is 1. The Morgan fingerprint density at radius 1 is 1.07 bits per heavy atom. The molecule has 1 amide bonds. The maximum atomic E-state index is 13.0. The first-order chi connectivity index (χ1) is 18.7. The van der Waals surface area contributed by atoms with E-state index in [2.05, 4.69) is 64.0 Å². The monoisotopic (exact) mass is 566 g/mol. The highest BCUT2D eigenvalue weighted by atomic mass is 32.1. The van der Waals surface area contributed by atoms with Crippen molar-refractivity contribution in [3.63, 3.8) is 0 Å². The number of aryl methyl sites for hydroxylation is 1. The Balaban J connectivity index is 1.48. The third kappa shape index (κ3) is 6.40. The predicted octanol–water partition coefficient (Wildman–Crippen LogP) is 5.95. The van der Waals surface area contributed by atoms with E-state index < -0.39 is 5.97 Å². The van der Waals surface area contributed by atoms with Crippen molar-refractivity contribution in [1.29, 1.82) is 0 Å². The van der Waals surface area contributed by atoms with E-state index in [4.69, 9.17) is 9.72 Å². The van der Waals surface area contributed by atoms with Crippen molar-refractivity contribution in [3.8, 4) is 16.3 Å². The first-order valence-electron chi connectivity index (χ1n) is 13.9. The van der Waals surface area contributed by atoms with Gasteiger partial charge in [-0.15, -0.1) is 11.3 Å². The SMILES string of the molecule is COc1c(C(C)(C)C)cc(-c2nc(C3CCN(C(=O)Cn4cnc(C)c4CC(=O)O)CC3)cs2)cc1C(C)(C)C. The normalized spacial score (nSPS) is 14.9. The van der Waals surface area contributed by atoms with Crippen LogP contribution in [0.1, 0.15) is 88.5 Å². The number of nitrogens with zero attached hydrogens (tertiary/aromatic N) is 4. The van der Waals surface area contributed by atoms with Crippen LogP contribution in [0.15, 0.2) is 23.8 Å². The van der Waals surface area contributed by atoms with E-state index in [1.807, 2.05) is 4.90 Å². The second kappa shape index (κ2) is 11.4. The predicted molar refractivity (Wildman–Crippen MR) is 158 cm³/mol. The summed E-state index contributed by atoms with van der Waals surface area (Å²) >= 11 is 1.68. The average molecular weight is 567 g/mol. The molecule has 2 aromatic heterocycles. The van der Waals surface area contributed by atoms with Crippen molar-refractivity contribution in [2.45, 2.75) is 91.0 Å². The quantitative estimate of drug-likeness (QED) is 0.379. The van der Waals surface area contributed by atoms with Crippen molar-refractivity contribution in [2.75, 3.05) is 20.2 Å². The lowest BCUT2D eigenvalue weighted by Crippen LogP contribution is -2.40. The maximum Gasteiger partial charge on any atom is 0.309 e. The molecule has 3 heterocycles. The minimum Gasteiger partial charge on any atom is -0.496 e. The van der Waals surface area contributed by atoms with E-state index >= 15 is 0 Å². The molecule has 1 saturated heterocycles. The van der Waals surface area contributed by atoms with Gasteiger partial charge in [-0.25, -0.2) is 9.97 Å². The number of carboxylic acid groups (broad SMARTS) is 1. The maximum absolute atomic E-state index is 13.0. The van der Waals surface area contributed by atoms with Gasteiger partial charge in [0.15, 0.2) is 0 Å². The van der Waals surface area contributed by atoms with Gasteiger partial charge in [0.05, 0.1) is 36.9 Å². The van der Waals surface area contributed by atoms with Crippen LogP contribution < -0.4 is 4.74 Å². The molecule has 1 fully saturated rings. The molecule has 0 unspecified atom stereocenters. The summed E-state index contributed by atoms with van der Waals surface area (Å²) in [6, 6.07) is 4.46. The van der Waals surface area contributed by atoms with Crippen LogP contribution in [0.25, 0.3) is 10.6 Å². The molecule has 216 valence electrons. The molecule has 1 N–H and O–H groups in total. The molecule has 0 atom stereocenters. The second-order valence-corrected chi connectivity index (χ2v) is 13.7. The van der Waals surface area contributed by atoms with E-state index in [9.17, 15) is 14.7 Å². The number of aliphatic carboxylic acids is 1. The van der Waals surface area contributed by atoms with E-state index in [0.29, 0.717) is 30.4 Å². The highest BCUT2D eigenvalue weighted by Crippen LogP contribution is 2.43. The number of carbonyl (C=O) groups is 2. The van der Waals surface area contributed by atoms with Gasteiger partial charge in [0.2, 0.25) is 5.91 Å². The summed E-state index contributed by atoms with van der Waals surface area (Å²) in [4.78, 5) is 35.4. The number of hydrogen-bond acceptors (Lipinski definition) is 6. The Kier molecular flexibility index (Phi) is 8.45. The molecule has 0 radical (unpaired) electrons. The number of methoxy groups -OCH3 is 1. The number of aromatic nitrogens is 3. The van der Waals surface area contributed by atoms with Crippen LogP contribution in [0.3, 0.4) is 0 Å². The van der Waals surface area contributed by atoms with Crippen LogP contribution in [0, 0.1) is 6.92 Å². The minimum atomic E-state index is -0.931. The number of hydrogen-bond donors (Lipinski definition) is 1. The number of carbonyl (C=O) groups excluding carboxylic acids is 1. The molecule has 8 nitrogen and oxygen atoms in total. The molecule has 0 aliphatic carbocycles. The van der Waals surface area contributed by atoms with Gasteiger partial charge >= 0.3 is 5.97 Å². The number of likely N-dealkylation sites (tertiary alicyclic amines) is 1. The summed E-state index contributed by atoms with van der Waals surface area (Å²) in [7, 11) is 1.75. The Bertz CT molecular complexity index is 1350.